The Morgan fingerprint density at radius 2 is 1.48 bits per heavy atom. The summed E-state index contributed by atoms with van der Waals surface area (Å²) in [6, 6.07) is 9.82. The molecule has 2 bridgehead atoms. The highest BCUT2D eigenvalue weighted by atomic mass is 16.2. The molecule has 4 aliphatic carbocycles. The zero-order valence-corrected chi connectivity index (χ0v) is 11.7. The molecule has 3 fully saturated rings. The van der Waals surface area contributed by atoms with E-state index in [0.717, 1.165) is 5.56 Å². The number of benzene rings is 1. The van der Waals surface area contributed by atoms with Crippen molar-refractivity contribution in [2.45, 2.75) is 13.0 Å². The van der Waals surface area contributed by atoms with Crippen LogP contribution in [-0.4, -0.2) is 16.7 Å². The Morgan fingerprint density at radius 1 is 0.905 bits per heavy atom. The molecule has 2 amide bonds. The lowest BCUT2D eigenvalue weighted by Gasteiger charge is -2.37. The van der Waals surface area contributed by atoms with E-state index in [2.05, 4.69) is 12.2 Å². The monoisotopic (exact) mass is 279 g/mol. The molecule has 0 radical (unpaired) electrons. The van der Waals surface area contributed by atoms with Gasteiger partial charge in [-0.05, 0) is 35.7 Å². The van der Waals surface area contributed by atoms with E-state index in [1.54, 1.807) is 0 Å². The van der Waals surface area contributed by atoms with Crippen molar-refractivity contribution in [1.82, 2.24) is 4.90 Å². The average Bonchev–Trinajstić information content (AvgIpc) is 3.30. The Bertz CT molecular complexity index is 629. The maximum Gasteiger partial charge on any atom is 0.234 e. The van der Waals surface area contributed by atoms with E-state index in [9.17, 15) is 9.59 Å². The van der Waals surface area contributed by atoms with Crippen molar-refractivity contribution < 1.29 is 9.59 Å². The second-order valence-corrected chi connectivity index (χ2v) is 6.90. The van der Waals surface area contributed by atoms with E-state index in [-0.39, 0.29) is 23.7 Å². The van der Waals surface area contributed by atoms with Crippen molar-refractivity contribution >= 4 is 11.8 Å². The number of allylic oxidation sites excluding steroid dienone is 2. The normalized spacial score (nSPS) is 42.2. The van der Waals surface area contributed by atoms with E-state index in [1.807, 2.05) is 30.3 Å². The lowest BCUT2D eigenvalue weighted by atomic mass is 9.63. The molecule has 6 atom stereocenters. The first kappa shape index (κ1) is 11.7. The molecule has 1 aromatic carbocycles. The lowest BCUT2D eigenvalue weighted by Crippen LogP contribution is -2.40. The largest absolute Gasteiger partial charge is 0.278 e. The summed E-state index contributed by atoms with van der Waals surface area (Å²) in [6.07, 6.45) is 5.66. The number of imide groups is 1. The number of hydrogen-bond acceptors (Lipinski definition) is 2. The Kier molecular flexibility index (Phi) is 2.15. The Morgan fingerprint density at radius 3 is 2.05 bits per heavy atom. The maximum atomic E-state index is 12.8. The summed E-state index contributed by atoms with van der Waals surface area (Å²) < 4.78 is 0. The van der Waals surface area contributed by atoms with Crippen molar-refractivity contribution in [2.24, 2.45) is 35.5 Å². The molecule has 0 spiro atoms. The highest BCUT2D eigenvalue weighted by Crippen LogP contribution is 2.65. The number of rotatable bonds is 2. The number of amides is 2. The first-order chi connectivity index (χ1) is 10.3. The predicted octanol–water partition coefficient (Wildman–Crippen LogP) is 2.24. The van der Waals surface area contributed by atoms with Gasteiger partial charge in [0.05, 0.1) is 18.4 Å². The van der Waals surface area contributed by atoms with Crippen LogP contribution in [-0.2, 0) is 16.1 Å². The van der Waals surface area contributed by atoms with Gasteiger partial charge in [0, 0.05) is 0 Å². The Labute approximate surface area is 123 Å². The van der Waals surface area contributed by atoms with Crippen LogP contribution in [0.25, 0.3) is 0 Å². The molecular weight excluding hydrogens is 262 g/mol. The van der Waals surface area contributed by atoms with Crippen molar-refractivity contribution in [3.8, 4) is 0 Å². The van der Waals surface area contributed by atoms with Gasteiger partial charge in [-0.3, -0.25) is 14.5 Å². The zero-order chi connectivity index (χ0) is 14.1. The second kappa shape index (κ2) is 3.85. The number of likely N-dealkylation sites (tertiary alicyclic amines) is 1. The number of carbonyl (C=O) groups is 2. The van der Waals surface area contributed by atoms with Gasteiger partial charge in [-0.25, -0.2) is 0 Å². The molecule has 1 aliphatic heterocycles. The van der Waals surface area contributed by atoms with E-state index in [1.165, 1.54) is 11.3 Å². The van der Waals surface area contributed by atoms with Crippen molar-refractivity contribution in [2.75, 3.05) is 0 Å². The third-order valence-corrected chi connectivity index (χ3v) is 5.94. The molecule has 3 nitrogen and oxygen atoms in total. The topological polar surface area (TPSA) is 37.4 Å². The molecule has 0 aromatic heterocycles. The third-order valence-electron chi connectivity index (χ3n) is 5.94. The molecule has 1 heterocycles. The summed E-state index contributed by atoms with van der Waals surface area (Å²) in [7, 11) is 0. The fraction of sp³-hybridized carbons (Fsp3) is 0.444. The fourth-order valence-corrected chi connectivity index (χ4v) is 4.94. The molecule has 1 saturated heterocycles. The highest BCUT2D eigenvalue weighted by Gasteiger charge is 2.66. The molecule has 1 aromatic rings. The number of nitrogens with zero attached hydrogens (tertiary/aromatic N) is 1. The van der Waals surface area contributed by atoms with E-state index in [4.69, 9.17) is 0 Å². The predicted molar refractivity (Wildman–Crippen MR) is 76.7 cm³/mol. The quantitative estimate of drug-likeness (QED) is 0.615. The Hall–Kier alpha value is -1.90. The van der Waals surface area contributed by atoms with Crippen LogP contribution < -0.4 is 0 Å². The molecule has 21 heavy (non-hydrogen) atoms. The minimum absolute atomic E-state index is 0.0681. The molecule has 0 N–H and O–H groups in total. The standard InChI is InChI=1S/C18H17NO2/c20-17-15-11-6-7-12(14-8-13(11)14)16(15)18(21)19(17)9-10-4-2-1-3-5-10/h1-7,11-16H,8-9H2/t11-,12+,13+,14-,15+,16-. The van der Waals surface area contributed by atoms with Gasteiger partial charge >= 0.3 is 0 Å². The average molecular weight is 279 g/mol. The first-order valence-electron chi connectivity index (χ1n) is 7.83. The molecule has 2 saturated carbocycles. The maximum absolute atomic E-state index is 12.8. The van der Waals surface area contributed by atoms with Crippen LogP contribution in [0.4, 0.5) is 0 Å². The van der Waals surface area contributed by atoms with Crippen molar-refractivity contribution in [3.63, 3.8) is 0 Å². The van der Waals surface area contributed by atoms with Crippen LogP contribution in [0, 0.1) is 35.5 Å². The lowest BCUT2D eigenvalue weighted by molar-refractivity contribution is -0.140. The van der Waals surface area contributed by atoms with Crippen molar-refractivity contribution in [3.05, 3.63) is 48.0 Å². The van der Waals surface area contributed by atoms with Crippen LogP contribution in [0.3, 0.4) is 0 Å². The van der Waals surface area contributed by atoms with Gasteiger partial charge in [0.25, 0.3) is 0 Å². The molecule has 3 heteroatoms. The minimum atomic E-state index is -0.0695. The van der Waals surface area contributed by atoms with Gasteiger partial charge in [0.2, 0.25) is 11.8 Å². The zero-order valence-electron chi connectivity index (χ0n) is 11.7. The third kappa shape index (κ3) is 1.44. The summed E-state index contributed by atoms with van der Waals surface area (Å²) in [5.41, 5.74) is 1.03. The number of carbonyl (C=O) groups excluding carboxylic acids is 2. The van der Waals surface area contributed by atoms with Crippen LogP contribution in [0.1, 0.15) is 12.0 Å². The summed E-state index contributed by atoms with van der Waals surface area (Å²) in [4.78, 5) is 27.1. The van der Waals surface area contributed by atoms with Gasteiger partial charge in [0.1, 0.15) is 0 Å². The molecule has 0 unspecified atom stereocenters. The molecule has 6 rings (SSSR count). The SMILES string of the molecule is O=C1[C@@H]2[C@H]3C=C[C@H]([C@@H]4C[C@H]34)[C@@H]2C(=O)N1Cc1ccccc1. The summed E-state index contributed by atoms with van der Waals surface area (Å²) in [5, 5.41) is 0. The fourth-order valence-electron chi connectivity index (χ4n) is 4.94. The summed E-state index contributed by atoms with van der Waals surface area (Å²) >= 11 is 0. The molecule has 5 aliphatic rings. The van der Waals surface area contributed by atoms with Gasteiger partial charge in [-0.1, -0.05) is 42.5 Å². The van der Waals surface area contributed by atoms with E-state index < -0.39 is 0 Å². The minimum Gasteiger partial charge on any atom is -0.278 e. The molecular formula is C18H17NO2. The van der Waals surface area contributed by atoms with Crippen LogP contribution in [0.15, 0.2) is 42.5 Å². The van der Waals surface area contributed by atoms with Gasteiger partial charge in [0.15, 0.2) is 0 Å². The van der Waals surface area contributed by atoms with Gasteiger partial charge < -0.3 is 0 Å². The van der Waals surface area contributed by atoms with Crippen LogP contribution in [0.5, 0.6) is 0 Å². The Balaban J connectivity index is 1.49. The highest BCUT2D eigenvalue weighted by molar-refractivity contribution is 6.06. The summed E-state index contributed by atoms with van der Waals surface area (Å²) in [6.45, 7) is 0.431. The van der Waals surface area contributed by atoms with Crippen LogP contribution in [0.2, 0.25) is 0 Å². The number of hydrogen-bond donors (Lipinski definition) is 0. The smallest absolute Gasteiger partial charge is 0.234 e. The van der Waals surface area contributed by atoms with Gasteiger partial charge in [-0.2, -0.15) is 0 Å². The second-order valence-electron chi connectivity index (χ2n) is 6.90. The van der Waals surface area contributed by atoms with Crippen LogP contribution >= 0.6 is 0 Å². The molecule has 106 valence electrons. The van der Waals surface area contributed by atoms with E-state index in [0.29, 0.717) is 30.2 Å². The first-order valence-corrected chi connectivity index (χ1v) is 7.83. The van der Waals surface area contributed by atoms with Crippen molar-refractivity contribution in [1.29, 1.82) is 0 Å². The summed E-state index contributed by atoms with van der Waals surface area (Å²) in [5.74, 6) is 1.99. The van der Waals surface area contributed by atoms with Gasteiger partial charge in [-0.15, -0.1) is 0 Å². The van der Waals surface area contributed by atoms with E-state index >= 15 is 0 Å².